The Hall–Kier alpha value is -5.40. The first-order valence-electron chi connectivity index (χ1n) is 15.2. The Balaban J connectivity index is 1.81. The van der Waals surface area contributed by atoms with Crippen LogP contribution in [0.25, 0.3) is 10.9 Å². The molecule has 5 amide bonds. The average molecular weight is 651 g/mol. The second-order valence-corrected chi connectivity index (χ2v) is 12.0. The maximum atomic E-state index is 13.7. The molecule has 0 aliphatic rings. The highest BCUT2D eigenvalue weighted by atomic mass is 16.6. The number of carboxylic acids is 1. The summed E-state index contributed by atoms with van der Waals surface area (Å²) in [5, 5.41) is 20.4. The second kappa shape index (κ2) is 16.2. The lowest BCUT2D eigenvalue weighted by molar-refractivity contribution is -0.141. The highest BCUT2D eigenvalue weighted by Crippen LogP contribution is 2.20. The van der Waals surface area contributed by atoms with E-state index in [0.717, 1.165) is 16.5 Å². The molecule has 0 bridgehead atoms. The highest BCUT2D eigenvalue weighted by Gasteiger charge is 2.33. The smallest absolute Gasteiger partial charge is 0.408 e. The molecule has 3 aromatic rings. The molecule has 252 valence electrons. The zero-order chi connectivity index (χ0) is 34.7. The van der Waals surface area contributed by atoms with Crippen LogP contribution in [0.3, 0.4) is 0 Å². The molecule has 0 aliphatic heterocycles. The van der Waals surface area contributed by atoms with Gasteiger partial charge in [0.25, 0.3) is 0 Å². The fourth-order valence-electron chi connectivity index (χ4n) is 4.87. The number of carbonyl (C=O) groups is 6. The van der Waals surface area contributed by atoms with Gasteiger partial charge in [0.05, 0.1) is 6.42 Å². The van der Waals surface area contributed by atoms with Crippen molar-refractivity contribution in [3.8, 4) is 0 Å². The lowest BCUT2D eigenvalue weighted by Gasteiger charge is -2.26. The topological polar surface area (TPSA) is 222 Å². The number of rotatable bonds is 15. The van der Waals surface area contributed by atoms with Crippen molar-refractivity contribution >= 4 is 46.6 Å². The molecule has 0 saturated heterocycles. The summed E-state index contributed by atoms with van der Waals surface area (Å²) < 4.78 is 5.37. The van der Waals surface area contributed by atoms with E-state index in [9.17, 15) is 33.9 Å². The largest absolute Gasteiger partial charge is 0.481 e. The molecule has 3 rings (SSSR count). The lowest BCUT2D eigenvalue weighted by Crippen LogP contribution is -2.58. The summed E-state index contributed by atoms with van der Waals surface area (Å²) in [6.07, 6.45) is 0.677. The summed E-state index contributed by atoms with van der Waals surface area (Å²) in [6, 6.07) is 10.3. The number of carboxylic acid groups (broad SMARTS) is 1. The van der Waals surface area contributed by atoms with Crippen LogP contribution in [0.2, 0.25) is 0 Å². The molecule has 14 nitrogen and oxygen atoms in total. The highest BCUT2D eigenvalue weighted by molar-refractivity contribution is 5.97. The summed E-state index contributed by atoms with van der Waals surface area (Å²) >= 11 is 0. The van der Waals surface area contributed by atoms with E-state index in [-0.39, 0.29) is 12.8 Å². The lowest BCUT2D eigenvalue weighted by atomic mass is 10.0. The summed E-state index contributed by atoms with van der Waals surface area (Å²) in [5.41, 5.74) is 6.57. The molecule has 4 atom stereocenters. The molecule has 47 heavy (non-hydrogen) atoms. The van der Waals surface area contributed by atoms with Crippen LogP contribution >= 0.6 is 0 Å². The number of nitrogens with one attached hydrogen (secondary N) is 5. The van der Waals surface area contributed by atoms with Gasteiger partial charge in [-0.05, 0) is 44.4 Å². The van der Waals surface area contributed by atoms with E-state index >= 15 is 0 Å². The van der Waals surface area contributed by atoms with Crippen LogP contribution in [0.1, 0.15) is 64.1 Å². The third-order valence-corrected chi connectivity index (χ3v) is 7.03. The third kappa shape index (κ3) is 10.9. The van der Waals surface area contributed by atoms with Crippen molar-refractivity contribution < 1.29 is 38.6 Å². The molecular formula is C33H42N6O8. The first-order chi connectivity index (χ1) is 22.2. The zero-order valence-corrected chi connectivity index (χ0v) is 26.8. The number of benzene rings is 2. The Kier molecular flexibility index (Phi) is 12.5. The van der Waals surface area contributed by atoms with E-state index in [1.54, 1.807) is 64.2 Å². The van der Waals surface area contributed by atoms with Crippen LogP contribution in [0.15, 0.2) is 60.8 Å². The SMILES string of the molecule is CCC[C@H](NC(=O)[C@H](Cc1c[nH]c2ccccc12)NC(=O)OC(C)(C)C)C(=O)N[C@@H](CC(=O)O)C(=O)N[C@@H](C(N)=O)c1ccccc1. The molecule has 0 unspecified atom stereocenters. The number of alkyl carbamates (subject to hydrolysis) is 1. The maximum Gasteiger partial charge on any atom is 0.408 e. The minimum absolute atomic E-state index is 0.0492. The van der Waals surface area contributed by atoms with Crippen LogP contribution in [-0.4, -0.2) is 69.5 Å². The van der Waals surface area contributed by atoms with Gasteiger partial charge in [-0.3, -0.25) is 24.0 Å². The van der Waals surface area contributed by atoms with E-state index in [2.05, 4.69) is 26.3 Å². The molecule has 1 heterocycles. The molecule has 0 saturated carbocycles. The zero-order valence-electron chi connectivity index (χ0n) is 26.8. The van der Waals surface area contributed by atoms with Gasteiger partial charge in [-0.2, -0.15) is 0 Å². The number of nitrogens with two attached hydrogens (primary N) is 1. The number of aromatic amines is 1. The monoisotopic (exact) mass is 650 g/mol. The van der Waals surface area contributed by atoms with Crippen molar-refractivity contribution in [3.63, 3.8) is 0 Å². The Morgan fingerprint density at radius 1 is 0.830 bits per heavy atom. The van der Waals surface area contributed by atoms with Gasteiger partial charge in [0.15, 0.2) is 0 Å². The van der Waals surface area contributed by atoms with Crippen LogP contribution in [0.4, 0.5) is 4.79 Å². The quantitative estimate of drug-likeness (QED) is 0.129. The predicted octanol–water partition coefficient (Wildman–Crippen LogP) is 2.19. The Morgan fingerprint density at radius 2 is 1.43 bits per heavy atom. The molecule has 8 N–H and O–H groups in total. The summed E-state index contributed by atoms with van der Waals surface area (Å²) in [7, 11) is 0. The number of hydrogen-bond acceptors (Lipinski definition) is 7. The first kappa shape index (κ1) is 36.1. The van der Waals surface area contributed by atoms with Crippen molar-refractivity contribution in [2.45, 2.75) is 83.1 Å². The number of para-hydroxylation sites is 1. The van der Waals surface area contributed by atoms with E-state index in [1.165, 1.54) is 0 Å². The first-order valence-corrected chi connectivity index (χ1v) is 15.2. The molecule has 1 aromatic heterocycles. The number of fused-ring (bicyclic) bond motifs is 1. The minimum Gasteiger partial charge on any atom is -0.481 e. The van der Waals surface area contributed by atoms with Gasteiger partial charge in [0, 0.05) is 23.5 Å². The number of H-pyrrole nitrogens is 1. The standard InChI is InChI=1S/C33H42N6O8/c1-5-11-23(29(43)37-25(17-26(40)41)31(45)39-27(28(34)42)19-12-7-6-8-13-19)36-30(44)24(38-32(46)47-33(2,3)4)16-20-18-35-22-15-10-9-14-21(20)22/h6-10,12-15,18,23-25,27,35H,5,11,16-17H2,1-4H3,(H2,34,42)(H,36,44)(H,37,43)(H,38,46)(H,39,45)(H,40,41)/t23-,24-,25-,27+/m0/s1. The molecule has 14 heteroatoms. The van der Waals surface area contributed by atoms with E-state index in [0.29, 0.717) is 12.0 Å². The Bertz CT molecular complexity index is 1580. The van der Waals surface area contributed by atoms with Crippen molar-refractivity contribution in [2.24, 2.45) is 5.73 Å². The van der Waals surface area contributed by atoms with Gasteiger partial charge in [0.1, 0.15) is 29.8 Å². The number of carbonyl (C=O) groups excluding carboxylic acids is 5. The number of primary amides is 1. The summed E-state index contributed by atoms with van der Waals surface area (Å²) in [6.45, 7) is 6.81. The van der Waals surface area contributed by atoms with Crippen molar-refractivity contribution in [2.75, 3.05) is 0 Å². The number of aliphatic carboxylic acids is 1. The molecule has 0 fully saturated rings. The van der Waals surface area contributed by atoms with E-state index in [1.807, 2.05) is 24.3 Å². The fourth-order valence-corrected chi connectivity index (χ4v) is 4.87. The van der Waals surface area contributed by atoms with Crippen LogP contribution in [0.5, 0.6) is 0 Å². The fraction of sp³-hybridized carbons (Fsp3) is 0.394. The van der Waals surface area contributed by atoms with Gasteiger partial charge in [-0.1, -0.05) is 61.9 Å². The molecular weight excluding hydrogens is 608 g/mol. The number of ether oxygens (including phenoxy) is 1. The Morgan fingerprint density at radius 3 is 2.04 bits per heavy atom. The van der Waals surface area contributed by atoms with E-state index < -0.39 is 71.9 Å². The molecule has 0 spiro atoms. The number of amides is 5. The molecule has 2 aromatic carbocycles. The van der Waals surface area contributed by atoms with Crippen LogP contribution in [-0.2, 0) is 35.1 Å². The van der Waals surface area contributed by atoms with Crippen LogP contribution in [0, 0.1) is 0 Å². The van der Waals surface area contributed by atoms with Crippen molar-refractivity contribution in [3.05, 3.63) is 71.9 Å². The van der Waals surface area contributed by atoms with Gasteiger partial charge < -0.3 is 41.8 Å². The van der Waals surface area contributed by atoms with Gasteiger partial charge >= 0.3 is 12.1 Å². The Labute approximate surface area is 272 Å². The van der Waals surface area contributed by atoms with E-state index in [4.69, 9.17) is 10.5 Å². The maximum absolute atomic E-state index is 13.7. The van der Waals surface area contributed by atoms with Crippen molar-refractivity contribution in [1.29, 1.82) is 0 Å². The van der Waals surface area contributed by atoms with Gasteiger partial charge in [-0.15, -0.1) is 0 Å². The predicted molar refractivity (Wildman–Crippen MR) is 173 cm³/mol. The summed E-state index contributed by atoms with van der Waals surface area (Å²) in [4.78, 5) is 80.0. The molecule has 0 aliphatic carbocycles. The second-order valence-electron chi connectivity index (χ2n) is 12.0. The minimum atomic E-state index is -1.61. The number of hydrogen-bond donors (Lipinski definition) is 7. The summed E-state index contributed by atoms with van der Waals surface area (Å²) in [5.74, 6) is -4.78. The van der Waals surface area contributed by atoms with Gasteiger partial charge in [0.2, 0.25) is 23.6 Å². The molecule has 0 radical (unpaired) electrons. The van der Waals surface area contributed by atoms with Gasteiger partial charge in [-0.25, -0.2) is 4.79 Å². The number of aromatic nitrogens is 1. The third-order valence-electron chi connectivity index (χ3n) is 7.03. The normalized spacial score (nSPS) is 13.8. The average Bonchev–Trinajstić information content (AvgIpc) is 3.40. The van der Waals surface area contributed by atoms with Crippen molar-refractivity contribution in [1.82, 2.24) is 26.3 Å². The van der Waals surface area contributed by atoms with Crippen LogP contribution < -0.4 is 27.0 Å².